The van der Waals surface area contributed by atoms with Gasteiger partial charge in [0.25, 0.3) is 0 Å². The fourth-order valence-electron chi connectivity index (χ4n) is 4.19. The predicted octanol–water partition coefficient (Wildman–Crippen LogP) is 1.05. The van der Waals surface area contributed by atoms with Gasteiger partial charge in [-0.05, 0) is 71.8 Å². The van der Waals surface area contributed by atoms with Gasteiger partial charge in [0, 0.05) is 27.7 Å². The Bertz CT molecular complexity index is 1530. The summed E-state index contributed by atoms with van der Waals surface area (Å²) in [5.41, 5.74) is -0.782. The Balaban J connectivity index is 1.49. The maximum absolute atomic E-state index is 11.3. The molecule has 0 bridgehead atoms. The van der Waals surface area contributed by atoms with Crippen molar-refractivity contribution in [3.8, 4) is 23.0 Å². The van der Waals surface area contributed by atoms with Crippen LogP contribution >= 0.6 is 0 Å². The minimum Gasteiger partial charge on any atom is -0.545 e. The molecule has 4 rings (SSSR count). The first-order valence-corrected chi connectivity index (χ1v) is 12.1. The van der Waals surface area contributed by atoms with Gasteiger partial charge in [0.2, 0.25) is 0 Å². The van der Waals surface area contributed by atoms with Gasteiger partial charge >= 0.3 is 0 Å². The molecule has 4 aromatic rings. The number of carboxylic acid groups (broad SMARTS) is 4. The molecular weight excluding hydrogens is 532 g/mol. The van der Waals surface area contributed by atoms with Crippen LogP contribution in [0.25, 0.3) is 0 Å². The van der Waals surface area contributed by atoms with Crippen LogP contribution < -0.4 is 29.9 Å². The van der Waals surface area contributed by atoms with Gasteiger partial charge in [-0.15, -0.1) is 0 Å². The van der Waals surface area contributed by atoms with Gasteiger partial charge in [-0.25, -0.2) is 0 Å². The average molecular weight is 552 g/mol. The van der Waals surface area contributed by atoms with E-state index in [1.165, 1.54) is 12.1 Å². The molecule has 0 aliphatic rings. The Labute approximate surface area is 233 Å². The third kappa shape index (κ3) is 6.17. The maximum Gasteiger partial charge on any atom is 0.128 e. The SMILES string of the molecule is CC(C)(c1ccc(Oc2ccc(C(=O)[O-])c(C(=O)[O-])c2)cc1)c1ccc(Oc2ccc(C(=O)[O-])c(C(=O)[O-])c2)cc1. The second-order valence-corrected chi connectivity index (χ2v) is 9.44. The Kier molecular flexibility index (Phi) is 7.77. The molecule has 0 N–H and O–H groups in total. The summed E-state index contributed by atoms with van der Waals surface area (Å²) in [6, 6.07) is 20.9. The van der Waals surface area contributed by atoms with Crippen molar-refractivity contribution in [3.05, 3.63) is 118 Å². The van der Waals surface area contributed by atoms with Crippen molar-refractivity contribution in [2.24, 2.45) is 0 Å². The summed E-state index contributed by atoms with van der Waals surface area (Å²) in [4.78, 5) is 44.8. The molecule has 0 aromatic heterocycles. The molecule has 0 aliphatic carbocycles. The Hall–Kier alpha value is -5.64. The second kappa shape index (κ2) is 11.2. The van der Waals surface area contributed by atoms with Crippen LogP contribution in [0.3, 0.4) is 0 Å². The van der Waals surface area contributed by atoms with E-state index in [-0.39, 0.29) is 11.5 Å². The van der Waals surface area contributed by atoms with E-state index in [1.54, 1.807) is 24.3 Å². The summed E-state index contributed by atoms with van der Waals surface area (Å²) >= 11 is 0. The van der Waals surface area contributed by atoms with E-state index in [1.807, 2.05) is 38.1 Å². The third-order valence-electron chi connectivity index (χ3n) is 6.49. The normalized spacial score (nSPS) is 11.0. The van der Waals surface area contributed by atoms with Crippen molar-refractivity contribution in [1.29, 1.82) is 0 Å². The Morgan fingerprint density at radius 1 is 0.463 bits per heavy atom. The summed E-state index contributed by atoms with van der Waals surface area (Å²) in [5.74, 6) is -5.62. The van der Waals surface area contributed by atoms with Crippen LogP contribution in [0.15, 0.2) is 84.9 Å². The number of rotatable bonds is 10. The number of ether oxygens (including phenoxy) is 2. The first-order chi connectivity index (χ1) is 19.4. The quantitative estimate of drug-likeness (QED) is 0.276. The van der Waals surface area contributed by atoms with E-state index < -0.39 is 51.5 Å². The number of carbonyl (C=O) groups is 4. The predicted molar refractivity (Wildman–Crippen MR) is 135 cm³/mol. The summed E-state index contributed by atoms with van der Waals surface area (Å²) in [7, 11) is 0. The lowest BCUT2D eigenvalue weighted by atomic mass is 9.78. The Morgan fingerprint density at radius 2 is 0.756 bits per heavy atom. The van der Waals surface area contributed by atoms with E-state index in [0.29, 0.717) is 11.5 Å². The van der Waals surface area contributed by atoms with E-state index in [9.17, 15) is 39.6 Å². The number of aromatic carboxylic acids is 4. The monoisotopic (exact) mass is 552 g/mol. The van der Waals surface area contributed by atoms with Crippen LogP contribution in [0.5, 0.6) is 23.0 Å². The molecule has 0 atom stereocenters. The largest absolute Gasteiger partial charge is 0.545 e. The second-order valence-electron chi connectivity index (χ2n) is 9.44. The van der Waals surface area contributed by atoms with Crippen molar-refractivity contribution in [2.75, 3.05) is 0 Å². The van der Waals surface area contributed by atoms with Crippen LogP contribution in [0, 0.1) is 0 Å². The number of hydrogen-bond acceptors (Lipinski definition) is 10. The van der Waals surface area contributed by atoms with Crippen molar-refractivity contribution in [2.45, 2.75) is 19.3 Å². The van der Waals surface area contributed by atoms with Gasteiger partial charge in [0.05, 0.1) is 23.9 Å². The molecule has 0 amide bonds. The molecule has 4 aromatic carbocycles. The molecule has 0 spiro atoms. The first-order valence-electron chi connectivity index (χ1n) is 12.1. The number of carboxylic acids is 4. The molecule has 10 heteroatoms. The lowest BCUT2D eigenvalue weighted by Crippen LogP contribution is -2.30. The summed E-state index contributed by atoms with van der Waals surface area (Å²) in [6.45, 7) is 3.99. The van der Waals surface area contributed by atoms with Crippen molar-refractivity contribution < 1.29 is 49.1 Å². The van der Waals surface area contributed by atoms with Gasteiger partial charge in [-0.1, -0.05) is 38.1 Å². The molecule has 10 nitrogen and oxygen atoms in total. The minimum absolute atomic E-state index is 0.109. The molecule has 0 saturated heterocycles. The third-order valence-corrected chi connectivity index (χ3v) is 6.49. The summed E-state index contributed by atoms with van der Waals surface area (Å²) in [6.07, 6.45) is 0. The van der Waals surface area contributed by atoms with E-state index >= 15 is 0 Å². The number of benzene rings is 4. The smallest absolute Gasteiger partial charge is 0.128 e. The lowest BCUT2D eigenvalue weighted by Gasteiger charge is -2.26. The van der Waals surface area contributed by atoms with Crippen LogP contribution in [-0.4, -0.2) is 23.9 Å². The first kappa shape index (κ1) is 28.4. The fraction of sp³-hybridized carbons (Fsp3) is 0.0968. The van der Waals surface area contributed by atoms with Gasteiger partial charge < -0.3 is 49.1 Å². The summed E-state index contributed by atoms with van der Waals surface area (Å²) in [5, 5.41) is 44.8. The zero-order chi connectivity index (χ0) is 29.9. The van der Waals surface area contributed by atoms with Crippen LogP contribution in [0.2, 0.25) is 0 Å². The van der Waals surface area contributed by atoms with Gasteiger partial charge in [0.15, 0.2) is 0 Å². The molecule has 0 aliphatic heterocycles. The number of hydrogen-bond donors (Lipinski definition) is 0. The van der Waals surface area contributed by atoms with Crippen molar-refractivity contribution in [1.82, 2.24) is 0 Å². The van der Waals surface area contributed by atoms with Crippen LogP contribution in [0.4, 0.5) is 0 Å². The highest BCUT2D eigenvalue weighted by molar-refractivity contribution is 6.01. The van der Waals surface area contributed by atoms with E-state index in [0.717, 1.165) is 35.4 Å². The average Bonchev–Trinajstić information content (AvgIpc) is 2.93. The van der Waals surface area contributed by atoms with Crippen LogP contribution in [0.1, 0.15) is 66.4 Å². The standard InChI is InChI=1S/C31H24O10/c1-31(2,17-3-7-19(8-4-17)40-21-11-13-23(27(32)33)25(15-21)29(36)37)18-5-9-20(10-6-18)41-22-12-14-24(28(34)35)26(16-22)30(38)39/h3-16H,1-2H3,(H,32,33)(H,34,35)(H,36,37)(H,38,39)/p-4. The number of carbonyl (C=O) groups excluding carboxylic acids is 4. The molecule has 208 valence electrons. The zero-order valence-electron chi connectivity index (χ0n) is 21.7. The molecule has 0 unspecified atom stereocenters. The Morgan fingerprint density at radius 3 is 1.05 bits per heavy atom. The van der Waals surface area contributed by atoms with Gasteiger partial charge in [0.1, 0.15) is 23.0 Å². The van der Waals surface area contributed by atoms with E-state index in [2.05, 4.69) is 0 Å². The fourth-order valence-corrected chi connectivity index (χ4v) is 4.19. The minimum atomic E-state index is -1.67. The molecule has 41 heavy (non-hydrogen) atoms. The summed E-state index contributed by atoms with van der Waals surface area (Å²) < 4.78 is 11.4. The van der Waals surface area contributed by atoms with Crippen LogP contribution in [-0.2, 0) is 5.41 Å². The van der Waals surface area contributed by atoms with Crippen molar-refractivity contribution in [3.63, 3.8) is 0 Å². The molecule has 0 saturated carbocycles. The molecular formula is C31H20O10-4. The van der Waals surface area contributed by atoms with E-state index in [4.69, 9.17) is 9.47 Å². The van der Waals surface area contributed by atoms with Gasteiger partial charge in [-0.3, -0.25) is 0 Å². The molecule has 0 fully saturated rings. The topological polar surface area (TPSA) is 179 Å². The highest BCUT2D eigenvalue weighted by atomic mass is 16.5. The molecule has 0 radical (unpaired) electrons. The van der Waals surface area contributed by atoms with Crippen molar-refractivity contribution >= 4 is 23.9 Å². The highest BCUT2D eigenvalue weighted by Crippen LogP contribution is 2.35. The zero-order valence-corrected chi connectivity index (χ0v) is 21.7. The lowest BCUT2D eigenvalue weighted by molar-refractivity contribution is -0.259. The molecule has 0 heterocycles. The van der Waals surface area contributed by atoms with Gasteiger partial charge in [-0.2, -0.15) is 0 Å². The maximum atomic E-state index is 11.3. The highest BCUT2D eigenvalue weighted by Gasteiger charge is 2.23.